The number of anilines is 1. The van der Waals surface area contributed by atoms with Crippen LogP contribution in [-0.2, 0) is 9.59 Å². The minimum atomic E-state index is -0.251. The highest BCUT2D eigenvalue weighted by molar-refractivity contribution is 8.00. The van der Waals surface area contributed by atoms with Crippen molar-refractivity contribution in [2.45, 2.75) is 32.7 Å². The van der Waals surface area contributed by atoms with Crippen LogP contribution >= 0.6 is 23.1 Å². The minimum Gasteiger partial charge on any atom is -0.346 e. The Hall–Kier alpha value is -3.23. The smallest absolute Gasteiger partial charge is 0.243 e. The van der Waals surface area contributed by atoms with Crippen LogP contribution in [0.3, 0.4) is 0 Å². The largest absolute Gasteiger partial charge is 0.346 e. The molecule has 4 aromatic rings. The molecule has 0 bridgehead atoms. The van der Waals surface area contributed by atoms with E-state index >= 15 is 0 Å². The monoisotopic (exact) mass is 490 g/mol. The zero-order valence-corrected chi connectivity index (χ0v) is 21.2. The summed E-state index contributed by atoms with van der Waals surface area (Å²) in [6, 6.07) is 16.3. The van der Waals surface area contributed by atoms with Gasteiger partial charge in [0.2, 0.25) is 11.8 Å². The Kier molecular flexibility index (Phi) is 7.29. The Morgan fingerprint density at radius 1 is 0.941 bits per heavy atom. The predicted octanol–water partition coefficient (Wildman–Crippen LogP) is 5.44. The van der Waals surface area contributed by atoms with E-state index in [2.05, 4.69) is 38.8 Å². The molecule has 2 aromatic carbocycles. The Labute approximate surface area is 207 Å². The molecule has 2 heterocycles. The average Bonchev–Trinajstić information content (AvgIpc) is 3.23. The maximum Gasteiger partial charge on any atom is 0.243 e. The van der Waals surface area contributed by atoms with E-state index < -0.39 is 0 Å². The van der Waals surface area contributed by atoms with Gasteiger partial charge in [0.15, 0.2) is 0 Å². The van der Waals surface area contributed by atoms with Gasteiger partial charge in [-0.05, 0) is 50.5 Å². The molecule has 0 aliphatic carbocycles. The molecule has 0 radical (unpaired) electrons. The summed E-state index contributed by atoms with van der Waals surface area (Å²) in [7, 11) is 0. The van der Waals surface area contributed by atoms with Gasteiger partial charge >= 0.3 is 0 Å². The molecule has 2 aromatic heterocycles. The van der Waals surface area contributed by atoms with Gasteiger partial charge in [0, 0.05) is 16.0 Å². The second-order valence-corrected chi connectivity index (χ2v) is 10.2. The third-order valence-corrected chi connectivity index (χ3v) is 7.32. The molecule has 174 valence electrons. The highest BCUT2D eigenvalue weighted by Crippen LogP contribution is 2.36. The number of hydrogen-bond acceptors (Lipinski definition) is 6. The molecule has 0 spiro atoms. The number of nitrogens with zero attached hydrogens (tertiary/aromatic N) is 2. The first-order valence-electron chi connectivity index (χ1n) is 10.9. The normalized spacial score (nSPS) is 10.9. The number of carbonyl (C=O) groups is 2. The van der Waals surface area contributed by atoms with Gasteiger partial charge in [0.1, 0.15) is 15.7 Å². The summed E-state index contributed by atoms with van der Waals surface area (Å²) in [5.74, 6) is 0.359. The van der Waals surface area contributed by atoms with Crippen molar-refractivity contribution in [2.24, 2.45) is 0 Å². The quantitative estimate of drug-likeness (QED) is 0.266. The lowest BCUT2D eigenvalue weighted by molar-refractivity contribution is -0.122. The number of thioether (sulfide) groups is 1. The molecule has 0 fully saturated rings. The third-order valence-electron chi connectivity index (χ3n) is 5.26. The van der Waals surface area contributed by atoms with Gasteiger partial charge in [-0.2, -0.15) is 0 Å². The number of hydrogen-bond donors (Lipinski definition) is 2. The minimum absolute atomic E-state index is 0.0824. The molecule has 6 nitrogen and oxygen atoms in total. The molecule has 0 saturated carbocycles. The lowest BCUT2D eigenvalue weighted by atomic mass is 10.1. The first kappa shape index (κ1) is 23.9. The summed E-state index contributed by atoms with van der Waals surface area (Å²) >= 11 is 2.97. The first-order chi connectivity index (χ1) is 16.3. The second kappa shape index (κ2) is 10.4. The van der Waals surface area contributed by atoms with Crippen LogP contribution in [0.2, 0.25) is 0 Å². The van der Waals surface area contributed by atoms with Crippen LogP contribution in [0.15, 0.2) is 53.6 Å². The number of fused-ring (bicyclic) bond motifs is 1. The number of benzene rings is 2. The number of thiophene rings is 1. The van der Waals surface area contributed by atoms with E-state index in [1.54, 1.807) is 11.3 Å². The average molecular weight is 491 g/mol. The molecule has 8 heteroatoms. The van der Waals surface area contributed by atoms with Gasteiger partial charge in [0.25, 0.3) is 0 Å². The van der Waals surface area contributed by atoms with Crippen LogP contribution in [0.25, 0.3) is 20.7 Å². The summed E-state index contributed by atoms with van der Waals surface area (Å²) in [6.07, 6.45) is 0. The van der Waals surface area contributed by atoms with Crippen LogP contribution in [0.5, 0.6) is 0 Å². The van der Waals surface area contributed by atoms with Crippen LogP contribution < -0.4 is 10.6 Å². The summed E-state index contributed by atoms with van der Waals surface area (Å²) < 4.78 is 0. The van der Waals surface area contributed by atoms with Gasteiger partial charge in [-0.3, -0.25) is 9.59 Å². The van der Waals surface area contributed by atoms with Crippen molar-refractivity contribution in [3.05, 3.63) is 71.0 Å². The van der Waals surface area contributed by atoms with Crippen LogP contribution in [-0.4, -0.2) is 34.1 Å². The SMILES string of the molecule is Cc1cc(C)c(NC(=O)CNC(=O)CSc2nc(C)nc3sc(-c4ccccc4)cc23)c(C)c1. The number of nitrogens with one attached hydrogen (secondary N) is 2. The molecule has 0 atom stereocenters. The topological polar surface area (TPSA) is 84.0 Å². The second-order valence-electron chi connectivity index (χ2n) is 8.16. The Morgan fingerprint density at radius 3 is 2.35 bits per heavy atom. The number of rotatable bonds is 7. The van der Waals surface area contributed by atoms with Crippen LogP contribution in [0.1, 0.15) is 22.5 Å². The molecule has 4 rings (SSSR count). The highest BCUT2D eigenvalue weighted by Gasteiger charge is 2.15. The first-order valence-corrected chi connectivity index (χ1v) is 12.7. The van der Waals surface area contributed by atoms with Gasteiger partial charge < -0.3 is 10.6 Å². The Morgan fingerprint density at radius 2 is 1.65 bits per heavy atom. The van der Waals surface area contributed by atoms with E-state index in [0.29, 0.717) is 5.82 Å². The van der Waals surface area contributed by atoms with Crippen molar-refractivity contribution >= 4 is 50.8 Å². The van der Waals surface area contributed by atoms with Crippen LogP contribution in [0.4, 0.5) is 5.69 Å². The maximum atomic E-state index is 12.4. The number of amides is 2. The fourth-order valence-electron chi connectivity index (χ4n) is 3.78. The third kappa shape index (κ3) is 5.63. The Bertz CT molecular complexity index is 1340. The molecule has 0 saturated heterocycles. The molecule has 2 N–H and O–H groups in total. The van der Waals surface area contributed by atoms with Crippen molar-refractivity contribution in [1.82, 2.24) is 15.3 Å². The lowest BCUT2D eigenvalue weighted by Crippen LogP contribution is -2.34. The van der Waals surface area contributed by atoms with Gasteiger partial charge in [-0.15, -0.1) is 11.3 Å². The molecule has 0 aliphatic rings. The summed E-state index contributed by atoms with van der Waals surface area (Å²) in [4.78, 5) is 36.0. The number of aryl methyl sites for hydroxylation is 4. The van der Waals surface area contributed by atoms with E-state index in [4.69, 9.17) is 0 Å². The van der Waals surface area contributed by atoms with E-state index in [9.17, 15) is 9.59 Å². The van der Waals surface area contributed by atoms with Crippen molar-refractivity contribution in [1.29, 1.82) is 0 Å². The highest BCUT2D eigenvalue weighted by atomic mass is 32.2. The molecular weight excluding hydrogens is 464 g/mol. The molecule has 34 heavy (non-hydrogen) atoms. The van der Waals surface area contributed by atoms with Gasteiger partial charge in [-0.1, -0.05) is 59.8 Å². The van der Waals surface area contributed by atoms with E-state index in [-0.39, 0.29) is 24.1 Å². The zero-order chi connectivity index (χ0) is 24.2. The van der Waals surface area contributed by atoms with E-state index in [1.807, 2.05) is 58.0 Å². The molecular formula is C26H26N4O2S2. The molecule has 2 amide bonds. The van der Waals surface area contributed by atoms with E-state index in [1.165, 1.54) is 11.8 Å². The van der Waals surface area contributed by atoms with Gasteiger partial charge in [0.05, 0.1) is 12.3 Å². The summed E-state index contributed by atoms with van der Waals surface area (Å²) in [5.41, 5.74) is 5.07. The summed E-state index contributed by atoms with van der Waals surface area (Å²) in [5, 5.41) is 7.32. The fourth-order valence-corrected chi connectivity index (χ4v) is 5.80. The standard InChI is InChI=1S/C26H26N4O2S2/c1-15-10-16(2)24(17(3)11-15)30-22(31)13-27-23(32)14-33-25-20-12-21(19-8-6-5-7-9-19)34-26(20)29-18(4)28-25/h5-12H,13-14H2,1-4H3,(H,27,32)(H,30,31). The maximum absolute atomic E-state index is 12.4. The number of carbonyl (C=O) groups excluding carboxylic acids is 2. The van der Waals surface area contributed by atoms with Crippen molar-refractivity contribution in [3.8, 4) is 10.4 Å². The molecule has 0 unspecified atom stereocenters. The summed E-state index contributed by atoms with van der Waals surface area (Å²) in [6.45, 7) is 7.71. The predicted molar refractivity (Wildman–Crippen MR) is 141 cm³/mol. The van der Waals surface area contributed by atoms with Crippen molar-refractivity contribution in [2.75, 3.05) is 17.6 Å². The van der Waals surface area contributed by atoms with E-state index in [0.717, 1.165) is 48.1 Å². The van der Waals surface area contributed by atoms with Crippen LogP contribution in [0, 0.1) is 27.7 Å². The Balaban J connectivity index is 1.38. The molecule has 0 aliphatic heterocycles. The van der Waals surface area contributed by atoms with Gasteiger partial charge in [-0.25, -0.2) is 9.97 Å². The lowest BCUT2D eigenvalue weighted by Gasteiger charge is -2.13. The zero-order valence-electron chi connectivity index (χ0n) is 19.6. The van der Waals surface area contributed by atoms with Crippen molar-refractivity contribution < 1.29 is 9.59 Å². The number of aromatic nitrogens is 2. The van der Waals surface area contributed by atoms with Crippen molar-refractivity contribution in [3.63, 3.8) is 0 Å². The fraction of sp³-hybridized carbons (Fsp3) is 0.231.